The quantitative estimate of drug-likeness (QED) is 0.586. The maximum absolute atomic E-state index is 11.9. The van der Waals surface area contributed by atoms with E-state index in [1.165, 1.54) is 11.3 Å². The van der Waals surface area contributed by atoms with E-state index >= 15 is 0 Å². The molecule has 0 fully saturated rings. The Kier molecular flexibility index (Phi) is 5.00. The SMILES string of the molecule is O=C(COc1ccc(Br)cc1)c1cc(Br)sc1Br. The third kappa shape index (κ3) is 3.66. The minimum absolute atomic E-state index is 0.0312. The lowest BCUT2D eigenvalue weighted by atomic mass is 10.2. The van der Waals surface area contributed by atoms with Gasteiger partial charge in [0.05, 0.1) is 7.57 Å². The first-order valence-corrected chi connectivity index (χ1v) is 8.12. The molecule has 0 N–H and O–H groups in total. The number of hydrogen-bond acceptors (Lipinski definition) is 3. The van der Waals surface area contributed by atoms with Crippen LogP contribution in [0.5, 0.6) is 5.75 Å². The smallest absolute Gasteiger partial charge is 0.202 e. The molecule has 94 valence electrons. The second-order valence-corrected chi connectivity index (χ2v) is 8.07. The van der Waals surface area contributed by atoms with Gasteiger partial charge in [0.25, 0.3) is 0 Å². The first-order chi connectivity index (χ1) is 8.56. The third-order valence-electron chi connectivity index (χ3n) is 2.14. The van der Waals surface area contributed by atoms with Crippen molar-refractivity contribution in [2.45, 2.75) is 0 Å². The van der Waals surface area contributed by atoms with Crippen LogP contribution in [-0.2, 0) is 0 Å². The van der Waals surface area contributed by atoms with Crippen molar-refractivity contribution in [2.24, 2.45) is 0 Å². The molecule has 1 aromatic heterocycles. The number of rotatable bonds is 4. The average molecular weight is 455 g/mol. The molecule has 0 aliphatic heterocycles. The lowest BCUT2D eigenvalue weighted by molar-refractivity contribution is 0.0921. The van der Waals surface area contributed by atoms with Crippen molar-refractivity contribution in [3.05, 3.63) is 47.9 Å². The lowest BCUT2D eigenvalue weighted by Gasteiger charge is -2.04. The second kappa shape index (κ2) is 6.32. The Balaban J connectivity index is 2.00. The van der Waals surface area contributed by atoms with Gasteiger partial charge in [-0.3, -0.25) is 4.79 Å². The van der Waals surface area contributed by atoms with Gasteiger partial charge >= 0.3 is 0 Å². The fourth-order valence-corrected chi connectivity index (χ4v) is 4.41. The summed E-state index contributed by atoms with van der Waals surface area (Å²) in [6.45, 7) is 0.0312. The Morgan fingerprint density at radius 3 is 2.39 bits per heavy atom. The monoisotopic (exact) mass is 452 g/mol. The van der Waals surface area contributed by atoms with Crippen LogP contribution in [0.4, 0.5) is 0 Å². The number of ether oxygens (including phenoxy) is 1. The van der Waals surface area contributed by atoms with Gasteiger partial charge in [0, 0.05) is 10.0 Å². The molecule has 2 nitrogen and oxygen atoms in total. The summed E-state index contributed by atoms with van der Waals surface area (Å²) in [5, 5.41) is 0. The molecule has 0 amide bonds. The Hall–Kier alpha value is -0.170. The zero-order valence-corrected chi connectivity index (χ0v) is 14.5. The summed E-state index contributed by atoms with van der Waals surface area (Å²) in [7, 11) is 0. The number of benzene rings is 1. The number of halogens is 3. The fourth-order valence-electron chi connectivity index (χ4n) is 1.29. The molecule has 0 saturated carbocycles. The van der Waals surface area contributed by atoms with E-state index in [1.54, 1.807) is 6.07 Å². The van der Waals surface area contributed by atoms with Crippen molar-refractivity contribution in [2.75, 3.05) is 6.61 Å². The van der Waals surface area contributed by atoms with Crippen molar-refractivity contribution >= 4 is 64.9 Å². The summed E-state index contributed by atoms with van der Waals surface area (Å²) in [6, 6.07) is 9.17. The van der Waals surface area contributed by atoms with Gasteiger partial charge in [0.15, 0.2) is 6.61 Å². The molecule has 0 bridgehead atoms. The van der Waals surface area contributed by atoms with Gasteiger partial charge < -0.3 is 4.74 Å². The predicted octanol–water partition coefficient (Wildman–Crippen LogP) is 5.30. The standard InChI is InChI=1S/C12H7Br3O2S/c13-7-1-3-8(4-2-7)17-6-10(16)9-5-11(14)18-12(9)15/h1-5H,6H2. The number of hydrogen-bond donors (Lipinski definition) is 0. The van der Waals surface area contributed by atoms with Crippen LogP contribution in [-0.4, -0.2) is 12.4 Å². The summed E-state index contributed by atoms with van der Waals surface area (Å²) in [5.41, 5.74) is 0.643. The van der Waals surface area contributed by atoms with Gasteiger partial charge in [-0.05, 0) is 62.2 Å². The van der Waals surface area contributed by atoms with E-state index in [-0.39, 0.29) is 12.4 Å². The molecule has 6 heteroatoms. The number of carbonyl (C=O) groups excluding carboxylic acids is 1. The summed E-state index contributed by atoms with van der Waals surface area (Å²) in [5.74, 6) is 0.628. The molecule has 2 aromatic rings. The molecular formula is C12H7Br3O2S. The minimum Gasteiger partial charge on any atom is -0.485 e. The van der Waals surface area contributed by atoms with Crippen LogP contribution in [0.15, 0.2) is 42.4 Å². The second-order valence-electron chi connectivity index (χ2n) is 3.40. The molecule has 0 radical (unpaired) electrons. The van der Waals surface area contributed by atoms with Gasteiger partial charge in [-0.15, -0.1) is 11.3 Å². The van der Waals surface area contributed by atoms with Crippen LogP contribution >= 0.6 is 59.1 Å². The first-order valence-electron chi connectivity index (χ1n) is 4.92. The lowest BCUT2D eigenvalue weighted by Crippen LogP contribution is -2.11. The normalized spacial score (nSPS) is 10.4. The summed E-state index contributed by atoms with van der Waals surface area (Å²) < 4.78 is 8.15. The van der Waals surface area contributed by atoms with Gasteiger partial charge in [0.2, 0.25) is 5.78 Å². The summed E-state index contributed by atoms with van der Waals surface area (Å²) in [4.78, 5) is 11.9. The van der Waals surface area contributed by atoms with Gasteiger partial charge in [-0.2, -0.15) is 0 Å². The minimum atomic E-state index is -0.0493. The van der Waals surface area contributed by atoms with E-state index < -0.39 is 0 Å². The Bertz CT molecular complexity index is 563. The highest BCUT2D eigenvalue weighted by Crippen LogP contribution is 2.32. The Morgan fingerprint density at radius 2 is 1.83 bits per heavy atom. The van der Waals surface area contributed by atoms with Crippen molar-refractivity contribution in [1.82, 2.24) is 0 Å². The highest BCUT2D eigenvalue weighted by atomic mass is 79.9. The highest BCUT2D eigenvalue weighted by Gasteiger charge is 2.14. The average Bonchev–Trinajstić information content (AvgIpc) is 2.67. The topological polar surface area (TPSA) is 26.3 Å². The van der Waals surface area contributed by atoms with Crippen molar-refractivity contribution in [3.8, 4) is 5.75 Å². The number of Topliss-reactive ketones (excluding diaryl/α,β-unsaturated/α-hetero) is 1. The first kappa shape index (κ1) is 14.2. The van der Waals surface area contributed by atoms with Crippen molar-refractivity contribution in [1.29, 1.82) is 0 Å². The molecule has 0 aliphatic rings. The van der Waals surface area contributed by atoms with E-state index in [1.807, 2.05) is 24.3 Å². The molecule has 18 heavy (non-hydrogen) atoms. The van der Waals surface area contributed by atoms with Gasteiger partial charge in [-0.1, -0.05) is 15.9 Å². The molecule has 1 aromatic carbocycles. The van der Waals surface area contributed by atoms with Crippen LogP contribution in [0.2, 0.25) is 0 Å². The van der Waals surface area contributed by atoms with E-state index in [9.17, 15) is 4.79 Å². The third-order valence-corrected chi connectivity index (χ3v) is 5.01. The number of ketones is 1. The zero-order valence-electron chi connectivity index (χ0n) is 8.95. The Morgan fingerprint density at radius 1 is 1.17 bits per heavy atom. The molecule has 1 heterocycles. The maximum Gasteiger partial charge on any atom is 0.202 e. The van der Waals surface area contributed by atoms with Crippen LogP contribution in [0.3, 0.4) is 0 Å². The fraction of sp³-hybridized carbons (Fsp3) is 0.0833. The van der Waals surface area contributed by atoms with Crippen LogP contribution in [0, 0.1) is 0 Å². The van der Waals surface area contributed by atoms with Gasteiger partial charge in [-0.25, -0.2) is 0 Å². The molecular weight excluding hydrogens is 448 g/mol. The van der Waals surface area contributed by atoms with Gasteiger partial charge in [0.1, 0.15) is 5.75 Å². The van der Waals surface area contributed by atoms with Crippen LogP contribution in [0.1, 0.15) is 10.4 Å². The predicted molar refractivity (Wildman–Crippen MR) is 83.7 cm³/mol. The largest absolute Gasteiger partial charge is 0.485 e. The highest BCUT2D eigenvalue weighted by molar-refractivity contribution is 9.12. The molecule has 0 unspecified atom stereocenters. The maximum atomic E-state index is 11.9. The van der Waals surface area contributed by atoms with E-state index in [4.69, 9.17) is 4.74 Å². The molecule has 0 aliphatic carbocycles. The number of carbonyl (C=O) groups is 1. The molecule has 0 saturated heterocycles. The van der Waals surface area contributed by atoms with Crippen LogP contribution < -0.4 is 4.74 Å². The molecule has 2 rings (SSSR count). The van der Waals surface area contributed by atoms with E-state index in [0.29, 0.717) is 11.3 Å². The molecule has 0 atom stereocenters. The summed E-state index contributed by atoms with van der Waals surface area (Å²) >= 11 is 11.5. The van der Waals surface area contributed by atoms with E-state index in [2.05, 4.69) is 47.8 Å². The van der Waals surface area contributed by atoms with Crippen molar-refractivity contribution in [3.63, 3.8) is 0 Å². The molecule has 0 spiro atoms. The number of thiophene rings is 1. The van der Waals surface area contributed by atoms with E-state index in [0.717, 1.165) is 12.0 Å². The van der Waals surface area contributed by atoms with Crippen LogP contribution in [0.25, 0.3) is 0 Å². The zero-order chi connectivity index (χ0) is 13.1. The summed E-state index contributed by atoms with van der Waals surface area (Å²) in [6.07, 6.45) is 0. The van der Waals surface area contributed by atoms with Crippen molar-refractivity contribution < 1.29 is 9.53 Å². The Labute approximate surface area is 134 Å².